The van der Waals surface area contributed by atoms with Crippen LogP contribution in [0, 0.1) is 5.92 Å². The van der Waals surface area contributed by atoms with Crippen molar-refractivity contribution in [2.24, 2.45) is 11.1 Å². The van der Waals surface area contributed by atoms with Crippen LogP contribution < -0.4 is 9.47 Å². The monoisotopic (exact) mass is 476 g/mol. The van der Waals surface area contributed by atoms with Gasteiger partial charge in [0.15, 0.2) is 17.6 Å². The first kappa shape index (κ1) is 23.9. The van der Waals surface area contributed by atoms with E-state index in [2.05, 4.69) is 5.16 Å². The summed E-state index contributed by atoms with van der Waals surface area (Å²) >= 11 is 0. The van der Waals surface area contributed by atoms with Crippen molar-refractivity contribution < 1.29 is 32.3 Å². The number of rotatable bonds is 8. The molecule has 1 fully saturated rings. The van der Waals surface area contributed by atoms with Crippen LogP contribution in [0.1, 0.15) is 42.4 Å². The number of carbonyl (C=O) groups excluding carboxylic acids is 1. The van der Waals surface area contributed by atoms with Crippen molar-refractivity contribution in [1.29, 1.82) is 0 Å². The molecule has 0 aromatic heterocycles. The van der Waals surface area contributed by atoms with E-state index in [0.717, 1.165) is 42.7 Å². The number of hydrogen-bond donors (Lipinski definition) is 0. The van der Waals surface area contributed by atoms with Crippen LogP contribution in [0.25, 0.3) is 0 Å². The van der Waals surface area contributed by atoms with E-state index in [1.807, 2.05) is 12.1 Å². The normalized spacial score (nSPS) is 18.0. The fourth-order valence-corrected chi connectivity index (χ4v) is 4.12. The third kappa shape index (κ3) is 5.29. The van der Waals surface area contributed by atoms with Gasteiger partial charge in [-0.3, -0.25) is 4.79 Å². The molecule has 0 bridgehead atoms. The largest absolute Gasteiger partial charge is 0.493 e. The van der Waals surface area contributed by atoms with E-state index in [9.17, 15) is 18.0 Å². The number of hydrogen-bond acceptors (Lipinski definition) is 5. The maximum absolute atomic E-state index is 13.1. The molecule has 1 heterocycles. The molecule has 0 saturated heterocycles. The Morgan fingerprint density at radius 1 is 1.09 bits per heavy atom. The smallest absolute Gasteiger partial charge is 0.416 e. The highest BCUT2D eigenvalue weighted by Crippen LogP contribution is 2.32. The van der Waals surface area contributed by atoms with Gasteiger partial charge in [-0.15, -0.1) is 0 Å². The average Bonchev–Trinajstić information content (AvgIpc) is 3.25. The lowest BCUT2D eigenvalue weighted by atomic mass is 9.84. The Hall–Kier alpha value is -3.23. The van der Waals surface area contributed by atoms with E-state index in [4.69, 9.17) is 14.3 Å². The summed E-state index contributed by atoms with van der Waals surface area (Å²) in [6.45, 7) is 0.523. The highest BCUT2D eigenvalue weighted by Gasteiger charge is 2.34. The highest BCUT2D eigenvalue weighted by atomic mass is 19.4. The summed E-state index contributed by atoms with van der Waals surface area (Å²) in [6.07, 6.45) is -1.56. The average molecular weight is 476 g/mol. The van der Waals surface area contributed by atoms with Gasteiger partial charge < -0.3 is 19.2 Å². The number of halogens is 3. The number of carbonyl (C=O) groups is 1. The molecular formula is C25H27F3N2O4. The Kier molecular flexibility index (Phi) is 7.00. The SMILES string of the molecule is COc1ccc(C2=NOC(CN(Cc3ccc(C(F)(F)F)cc3)C(=O)C3CCC3)C2)cc1OC. The van der Waals surface area contributed by atoms with E-state index < -0.39 is 11.7 Å². The van der Waals surface area contributed by atoms with Crippen LogP contribution in [-0.4, -0.2) is 43.4 Å². The molecule has 1 saturated carbocycles. The van der Waals surface area contributed by atoms with E-state index in [-0.39, 0.29) is 24.5 Å². The molecule has 182 valence electrons. The van der Waals surface area contributed by atoms with E-state index in [0.29, 0.717) is 30.0 Å². The number of methoxy groups -OCH3 is 2. The van der Waals surface area contributed by atoms with Gasteiger partial charge >= 0.3 is 6.18 Å². The van der Waals surface area contributed by atoms with E-state index in [1.165, 1.54) is 12.1 Å². The number of alkyl halides is 3. The van der Waals surface area contributed by atoms with Crippen LogP contribution >= 0.6 is 0 Å². The third-order valence-corrected chi connectivity index (χ3v) is 6.29. The third-order valence-electron chi connectivity index (χ3n) is 6.29. The molecule has 4 rings (SSSR count). The van der Waals surface area contributed by atoms with Gasteiger partial charge in [0, 0.05) is 24.4 Å². The summed E-state index contributed by atoms with van der Waals surface area (Å²) in [4.78, 5) is 20.4. The molecule has 1 aliphatic heterocycles. The lowest BCUT2D eigenvalue weighted by Gasteiger charge is -2.32. The summed E-state index contributed by atoms with van der Waals surface area (Å²) in [5, 5.41) is 4.21. The van der Waals surface area contributed by atoms with Gasteiger partial charge in [0.2, 0.25) is 5.91 Å². The maximum Gasteiger partial charge on any atom is 0.416 e. The van der Waals surface area contributed by atoms with Crippen molar-refractivity contribution in [3.05, 3.63) is 59.2 Å². The molecule has 2 aromatic carbocycles. The van der Waals surface area contributed by atoms with Crippen LogP contribution in [0.5, 0.6) is 11.5 Å². The Bertz CT molecular complexity index is 1050. The van der Waals surface area contributed by atoms with E-state index in [1.54, 1.807) is 25.2 Å². The second kappa shape index (κ2) is 9.95. The first-order valence-corrected chi connectivity index (χ1v) is 11.2. The van der Waals surface area contributed by atoms with Crippen molar-refractivity contribution in [2.75, 3.05) is 20.8 Å². The molecular weight excluding hydrogens is 449 g/mol. The molecule has 34 heavy (non-hydrogen) atoms. The van der Waals surface area contributed by atoms with Gasteiger partial charge in [-0.1, -0.05) is 23.7 Å². The first-order chi connectivity index (χ1) is 16.3. The predicted molar refractivity (Wildman–Crippen MR) is 120 cm³/mol. The summed E-state index contributed by atoms with van der Waals surface area (Å²) < 4.78 is 49.3. The minimum Gasteiger partial charge on any atom is -0.493 e. The zero-order valence-corrected chi connectivity index (χ0v) is 19.1. The fourth-order valence-electron chi connectivity index (χ4n) is 4.12. The molecule has 1 unspecified atom stereocenters. The van der Waals surface area contributed by atoms with Crippen molar-refractivity contribution in [1.82, 2.24) is 4.90 Å². The van der Waals surface area contributed by atoms with Gasteiger partial charge in [0.1, 0.15) is 0 Å². The minimum absolute atomic E-state index is 0.00862. The zero-order chi connectivity index (χ0) is 24.3. The Morgan fingerprint density at radius 3 is 2.38 bits per heavy atom. The zero-order valence-electron chi connectivity index (χ0n) is 19.1. The molecule has 1 atom stereocenters. The summed E-state index contributed by atoms with van der Waals surface area (Å²) in [5.41, 5.74) is 1.50. The molecule has 2 aliphatic rings. The van der Waals surface area contributed by atoms with Gasteiger partial charge in [-0.05, 0) is 48.7 Å². The quantitative estimate of drug-likeness (QED) is 0.535. The molecule has 1 aliphatic carbocycles. The summed E-state index contributed by atoms with van der Waals surface area (Å²) in [6, 6.07) is 10.4. The lowest BCUT2D eigenvalue weighted by molar-refractivity contribution is -0.141. The molecule has 1 amide bonds. The number of oxime groups is 1. The molecule has 0 radical (unpaired) electrons. The van der Waals surface area contributed by atoms with E-state index >= 15 is 0 Å². The Balaban J connectivity index is 1.44. The molecule has 0 N–H and O–H groups in total. The van der Waals surface area contributed by atoms with Gasteiger partial charge in [-0.2, -0.15) is 13.2 Å². The van der Waals surface area contributed by atoms with Crippen LogP contribution in [0.15, 0.2) is 47.6 Å². The Morgan fingerprint density at radius 2 is 1.79 bits per heavy atom. The van der Waals surface area contributed by atoms with Crippen molar-refractivity contribution in [3.63, 3.8) is 0 Å². The summed E-state index contributed by atoms with van der Waals surface area (Å²) in [5.74, 6) is 1.16. The van der Waals surface area contributed by atoms with Crippen molar-refractivity contribution in [2.45, 2.75) is 44.5 Å². The fraction of sp³-hybridized carbons (Fsp3) is 0.440. The Labute approximate surface area is 196 Å². The van der Waals surface area contributed by atoms with Crippen molar-refractivity contribution in [3.8, 4) is 11.5 Å². The highest BCUT2D eigenvalue weighted by molar-refractivity contribution is 6.01. The summed E-state index contributed by atoms with van der Waals surface area (Å²) in [7, 11) is 3.12. The molecule has 2 aromatic rings. The second-order valence-electron chi connectivity index (χ2n) is 8.58. The van der Waals surface area contributed by atoms with Gasteiger partial charge in [0.25, 0.3) is 0 Å². The molecule has 6 nitrogen and oxygen atoms in total. The van der Waals surface area contributed by atoms with Crippen LogP contribution in [-0.2, 0) is 22.4 Å². The van der Waals surface area contributed by atoms with Gasteiger partial charge in [-0.25, -0.2) is 0 Å². The predicted octanol–water partition coefficient (Wildman–Crippen LogP) is 5.04. The first-order valence-electron chi connectivity index (χ1n) is 11.2. The lowest BCUT2D eigenvalue weighted by Crippen LogP contribution is -2.42. The number of benzene rings is 2. The molecule has 0 spiro atoms. The minimum atomic E-state index is -4.39. The van der Waals surface area contributed by atoms with Gasteiger partial charge in [0.05, 0.1) is 32.0 Å². The topological polar surface area (TPSA) is 60.4 Å². The molecule has 9 heteroatoms. The van der Waals surface area contributed by atoms with Crippen LogP contribution in [0.4, 0.5) is 13.2 Å². The second-order valence-corrected chi connectivity index (χ2v) is 8.58. The number of nitrogens with zero attached hydrogens (tertiary/aromatic N) is 2. The maximum atomic E-state index is 13.1. The van der Waals surface area contributed by atoms with Crippen LogP contribution in [0.2, 0.25) is 0 Å². The number of ether oxygens (including phenoxy) is 2. The number of amides is 1. The standard InChI is InChI=1S/C25H27F3N2O4/c1-32-22-11-8-18(12-23(22)33-2)21-13-20(34-29-21)15-30(24(31)17-4-3-5-17)14-16-6-9-19(10-7-16)25(26,27)28/h6-12,17,20H,3-5,13-15H2,1-2H3. The van der Waals surface area contributed by atoms with Crippen molar-refractivity contribution >= 4 is 11.6 Å². The van der Waals surface area contributed by atoms with Crippen LogP contribution in [0.3, 0.4) is 0 Å².